The zero-order valence-corrected chi connectivity index (χ0v) is 17.9. The van der Waals surface area contributed by atoms with Crippen molar-refractivity contribution in [2.45, 2.75) is 17.2 Å². The van der Waals surface area contributed by atoms with Gasteiger partial charge in [0.2, 0.25) is 11.8 Å². The molecule has 0 aliphatic carbocycles. The summed E-state index contributed by atoms with van der Waals surface area (Å²) in [6.07, 6.45) is 2.29. The largest absolute Gasteiger partial charge is 0.407 e. The Morgan fingerprint density at radius 2 is 1.97 bits per heavy atom. The molecule has 1 N–H and O–H groups in total. The predicted molar refractivity (Wildman–Crippen MR) is 114 cm³/mol. The standard InChI is InChI=1S/C20H17BrN4O3S/c1-29-14-8-6-13(7-9-14)25-11-12(10-17(25)26)19-23-24-20(28-19)22-18(27)15-4-2-3-5-16(15)21/h2-9,12H,10-11H2,1H3,(H,22,24,27). The highest BCUT2D eigenvalue weighted by Gasteiger charge is 2.35. The van der Waals surface area contributed by atoms with E-state index in [4.69, 9.17) is 4.42 Å². The number of thioether (sulfide) groups is 1. The fraction of sp³-hybridized carbons (Fsp3) is 0.200. The van der Waals surface area contributed by atoms with Gasteiger partial charge in [0.25, 0.3) is 5.91 Å². The molecule has 0 saturated carbocycles. The second-order valence-corrected chi connectivity index (χ2v) is 8.22. The van der Waals surface area contributed by atoms with E-state index in [9.17, 15) is 9.59 Å². The number of anilines is 2. The lowest BCUT2D eigenvalue weighted by molar-refractivity contribution is -0.117. The van der Waals surface area contributed by atoms with Crippen LogP contribution >= 0.6 is 27.7 Å². The summed E-state index contributed by atoms with van der Waals surface area (Å²) in [6, 6.07) is 14.9. The molecule has 1 fully saturated rings. The predicted octanol–water partition coefficient (Wildman–Crippen LogP) is 4.33. The van der Waals surface area contributed by atoms with Crippen LogP contribution in [0.2, 0.25) is 0 Å². The van der Waals surface area contributed by atoms with Crippen LogP contribution in [-0.4, -0.2) is 34.8 Å². The fourth-order valence-electron chi connectivity index (χ4n) is 3.14. The third-order valence-corrected chi connectivity index (χ3v) is 6.07. The van der Waals surface area contributed by atoms with Crippen molar-refractivity contribution >= 4 is 51.2 Å². The van der Waals surface area contributed by atoms with Crippen LogP contribution in [0.15, 0.2) is 62.3 Å². The zero-order chi connectivity index (χ0) is 20.4. The van der Waals surface area contributed by atoms with Crippen molar-refractivity contribution < 1.29 is 14.0 Å². The first-order chi connectivity index (χ1) is 14.0. The van der Waals surface area contributed by atoms with Crippen LogP contribution in [-0.2, 0) is 4.79 Å². The van der Waals surface area contributed by atoms with Crippen LogP contribution in [0.3, 0.4) is 0 Å². The van der Waals surface area contributed by atoms with Gasteiger partial charge in [0.1, 0.15) is 0 Å². The lowest BCUT2D eigenvalue weighted by Crippen LogP contribution is -2.24. The summed E-state index contributed by atoms with van der Waals surface area (Å²) < 4.78 is 6.29. The fourth-order valence-corrected chi connectivity index (χ4v) is 4.02. The second kappa shape index (κ2) is 8.38. The average molecular weight is 473 g/mol. The molecular formula is C20H17BrN4O3S. The van der Waals surface area contributed by atoms with Gasteiger partial charge < -0.3 is 9.32 Å². The van der Waals surface area contributed by atoms with E-state index in [0.717, 1.165) is 10.6 Å². The number of nitrogens with zero attached hydrogens (tertiary/aromatic N) is 3. The lowest BCUT2D eigenvalue weighted by atomic mass is 10.1. The van der Waals surface area contributed by atoms with Crippen molar-refractivity contribution in [3.8, 4) is 0 Å². The number of benzene rings is 2. The van der Waals surface area contributed by atoms with Gasteiger partial charge in [-0.3, -0.25) is 14.9 Å². The maximum atomic E-state index is 12.5. The van der Waals surface area contributed by atoms with E-state index in [2.05, 4.69) is 31.4 Å². The second-order valence-electron chi connectivity index (χ2n) is 6.48. The molecule has 0 spiro atoms. The van der Waals surface area contributed by atoms with Crippen LogP contribution in [0.4, 0.5) is 11.7 Å². The summed E-state index contributed by atoms with van der Waals surface area (Å²) in [7, 11) is 0. The molecule has 1 aliphatic heterocycles. The van der Waals surface area contributed by atoms with Crippen molar-refractivity contribution in [2.24, 2.45) is 0 Å². The summed E-state index contributed by atoms with van der Waals surface area (Å²) in [6.45, 7) is 0.456. The number of aromatic nitrogens is 2. The smallest absolute Gasteiger partial charge is 0.322 e. The molecule has 3 aromatic rings. The van der Waals surface area contributed by atoms with E-state index in [1.54, 1.807) is 34.9 Å². The van der Waals surface area contributed by atoms with Crippen molar-refractivity contribution in [3.63, 3.8) is 0 Å². The Hall–Kier alpha value is -2.65. The monoisotopic (exact) mass is 472 g/mol. The van der Waals surface area contributed by atoms with Gasteiger partial charge >= 0.3 is 6.01 Å². The molecule has 2 amide bonds. The summed E-state index contributed by atoms with van der Waals surface area (Å²) in [4.78, 5) is 27.7. The summed E-state index contributed by atoms with van der Waals surface area (Å²) >= 11 is 4.99. The van der Waals surface area contributed by atoms with Crippen molar-refractivity contribution in [3.05, 3.63) is 64.5 Å². The van der Waals surface area contributed by atoms with E-state index in [0.29, 0.717) is 22.5 Å². The van der Waals surface area contributed by atoms with Crippen LogP contribution in [0, 0.1) is 0 Å². The number of amides is 2. The Bertz CT molecular complexity index is 1050. The highest BCUT2D eigenvalue weighted by Crippen LogP contribution is 2.32. The Balaban J connectivity index is 1.45. The Morgan fingerprint density at radius 1 is 1.21 bits per heavy atom. The molecular weight excluding hydrogens is 456 g/mol. The summed E-state index contributed by atoms with van der Waals surface area (Å²) in [5, 5.41) is 10.5. The molecule has 1 unspecified atom stereocenters. The molecule has 148 valence electrons. The van der Waals surface area contributed by atoms with Gasteiger partial charge in [-0.25, -0.2) is 0 Å². The molecule has 4 rings (SSSR count). The molecule has 1 saturated heterocycles. The lowest BCUT2D eigenvalue weighted by Gasteiger charge is -2.16. The van der Waals surface area contributed by atoms with Crippen LogP contribution in [0.5, 0.6) is 0 Å². The van der Waals surface area contributed by atoms with E-state index in [-0.39, 0.29) is 30.2 Å². The molecule has 1 aliphatic rings. The Morgan fingerprint density at radius 3 is 2.69 bits per heavy atom. The molecule has 9 heteroatoms. The quantitative estimate of drug-likeness (QED) is 0.556. The molecule has 1 atom stereocenters. The van der Waals surface area contributed by atoms with Gasteiger partial charge in [0, 0.05) is 28.0 Å². The summed E-state index contributed by atoms with van der Waals surface area (Å²) in [5.41, 5.74) is 1.31. The first kappa shape index (κ1) is 19.7. The molecule has 1 aromatic heterocycles. The number of carbonyl (C=O) groups excluding carboxylic acids is 2. The van der Waals surface area contributed by atoms with E-state index >= 15 is 0 Å². The Labute approximate surface area is 180 Å². The minimum absolute atomic E-state index is 0.00361. The maximum absolute atomic E-state index is 12.5. The van der Waals surface area contributed by atoms with Gasteiger partial charge in [-0.1, -0.05) is 17.2 Å². The number of nitrogens with one attached hydrogen (secondary N) is 1. The van der Waals surface area contributed by atoms with Gasteiger partial charge in [-0.2, -0.15) is 0 Å². The minimum Gasteiger partial charge on any atom is -0.407 e. The highest BCUT2D eigenvalue weighted by atomic mass is 79.9. The van der Waals surface area contributed by atoms with Crippen LogP contribution in [0.25, 0.3) is 0 Å². The van der Waals surface area contributed by atoms with Crippen molar-refractivity contribution in [1.29, 1.82) is 0 Å². The normalized spacial score (nSPS) is 16.3. The van der Waals surface area contributed by atoms with Gasteiger partial charge in [0.05, 0.1) is 11.5 Å². The first-order valence-corrected chi connectivity index (χ1v) is 10.9. The molecule has 2 heterocycles. The number of hydrogen-bond donors (Lipinski definition) is 1. The molecule has 7 nitrogen and oxygen atoms in total. The number of carbonyl (C=O) groups is 2. The van der Waals surface area contributed by atoms with E-state index in [1.165, 1.54) is 0 Å². The molecule has 2 aromatic carbocycles. The molecule has 0 radical (unpaired) electrons. The van der Waals surface area contributed by atoms with Crippen molar-refractivity contribution in [2.75, 3.05) is 23.0 Å². The van der Waals surface area contributed by atoms with E-state index < -0.39 is 0 Å². The van der Waals surface area contributed by atoms with Crippen LogP contribution in [0.1, 0.15) is 28.6 Å². The van der Waals surface area contributed by atoms with Crippen molar-refractivity contribution in [1.82, 2.24) is 10.2 Å². The van der Waals surface area contributed by atoms with Crippen LogP contribution < -0.4 is 10.2 Å². The number of rotatable bonds is 5. The zero-order valence-electron chi connectivity index (χ0n) is 15.5. The third-order valence-electron chi connectivity index (χ3n) is 4.64. The molecule has 29 heavy (non-hydrogen) atoms. The number of halogens is 1. The Kier molecular flexibility index (Phi) is 5.68. The number of hydrogen-bond acceptors (Lipinski definition) is 6. The highest BCUT2D eigenvalue weighted by molar-refractivity contribution is 9.10. The van der Waals surface area contributed by atoms with E-state index in [1.807, 2.05) is 36.6 Å². The first-order valence-electron chi connectivity index (χ1n) is 8.89. The topological polar surface area (TPSA) is 88.3 Å². The summed E-state index contributed by atoms with van der Waals surface area (Å²) in [5.74, 6) is -0.233. The van der Waals surface area contributed by atoms with Gasteiger partial charge in [-0.15, -0.1) is 16.9 Å². The SMILES string of the molecule is CSc1ccc(N2CC(c3nnc(NC(=O)c4ccccc4Br)o3)CC2=O)cc1. The molecule has 0 bridgehead atoms. The van der Waals surface area contributed by atoms with Gasteiger partial charge in [-0.05, 0) is 58.6 Å². The average Bonchev–Trinajstić information content (AvgIpc) is 3.35. The third kappa shape index (κ3) is 4.20. The maximum Gasteiger partial charge on any atom is 0.322 e. The minimum atomic E-state index is -0.356. The van der Waals surface area contributed by atoms with Gasteiger partial charge in [0.15, 0.2) is 0 Å².